The molecule has 0 spiro atoms. The predicted molar refractivity (Wildman–Crippen MR) is 128 cm³/mol. The Morgan fingerprint density at radius 2 is 1.42 bits per heavy atom. The van der Waals surface area contributed by atoms with Gasteiger partial charge in [-0.1, -0.05) is 50.2 Å². The molecule has 3 rings (SSSR count). The molecular weight excluding hydrogens is 418 g/mol. The maximum absolute atomic E-state index is 12.3. The number of nitrogens with one attached hydrogen (secondary N) is 2. The largest absolute Gasteiger partial charge is 0.304 e. The zero-order chi connectivity index (χ0) is 23.6. The van der Waals surface area contributed by atoms with Crippen molar-refractivity contribution in [3.8, 4) is 0 Å². The van der Waals surface area contributed by atoms with E-state index in [2.05, 4.69) is 48.5 Å². The van der Waals surface area contributed by atoms with E-state index in [1.165, 1.54) is 35.2 Å². The minimum atomic E-state index is -0.637. The van der Waals surface area contributed by atoms with E-state index in [9.17, 15) is 9.59 Å². The van der Waals surface area contributed by atoms with Crippen LogP contribution in [0.25, 0.3) is 10.8 Å². The average molecular weight is 450 g/mol. The first-order valence-electron chi connectivity index (χ1n) is 11.3. The van der Waals surface area contributed by atoms with Crippen LogP contribution in [0.1, 0.15) is 52.1 Å². The number of rotatable bonds is 11. The number of aryl methyl sites for hydroxylation is 1. The van der Waals surface area contributed by atoms with Gasteiger partial charge in [-0.2, -0.15) is 0 Å². The summed E-state index contributed by atoms with van der Waals surface area (Å²) in [7, 11) is 0. The summed E-state index contributed by atoms with van der Waals surface area (Å²) in [4.78, 5) is 31.6. The minimum Gasteiger partial charge on any atom is -0.304 e. The number of hydrogen-bond acceptors (Lipinski definition) is 5. The Labute approximate surface area is 194 Å². The third-order valence-corrected chi connectivity index (χ3v) is 5.82. The van der Waals surface area contributed by atoms with Crippen LogP contribution in [0.2, 0.25) is 0 Å². The quantitative estimate of drug-likeness (QED) is 0.303. The second-order valence-corrected chi connectivity index (χ2v) is 7.80. The zero-order valence-corrected chi connectivity index (χ0v) is 19.1. The first-order chi connectivity index (χ1) is 16.1. The smallest absolute Gasteiger partial charge is 0.274 e. The van der Waals surface area contributed by atoms with Gasteiger partial charge < -0.3 is 4.90 Å². The number of hydroxylamine groups is 2. The van der Waals surface area contributed by atoms with Crippen LogP contribution in [0.3, 0.4) is 0 Å². The summed E-state index contributed by atoms with van der Waals surface area (Å²) in [6.45, 7) is 7.85. The molecule has 0 heterocycles. The highest BCUT2D eigenvalue weighted by Crippen LogP contribution is 2.24. The lowest BCUT2D eigenvalue weighted by Gasteiger charge is -2.18. The predicted octanol–water partition coefficient (Wildman–Crippen LogP) is 4.09. The molecule has 3 N–H and O–H groups in total. The fourth-order valence-electron chi connectivity index (χ4n) is 3.88. The Hall–Kier alpha value is -3.26. The van der Waals surface area contributed by atoms with E-state index in [1.807, 2.05) is 12.1 Å². The van der Waals surface area contributed by atoms with E-state index >= 15 is 0 Å². The number of nitrogens with zero attached hydrogens (tertiary/aromatic N) is 1. The highest BCUT2D eigenvalue weighted by Gasteiger charge is 2.10. The van der Waals surface area contributed by atoms with Gasteiger partial charge in [0, 0.05) is 11.1 Å². The van der Waals surface area contributed by atoms with Crippen LogP contribution in [0, 0.1) is 0 Å². The summed E-state index contributed by atoms with van der Waals surface area (Å²) in [5, 5.41) is 11.0. The normalized spacial score (nSPS) is 11.0. The molecule has 0 aliphatic rings. The van der Waals surface area contributed by atoms with E-state index in [-0.39, 0.29) is 12.2 Å². The second-order valence-electron chi connectivity index (χ2n) is 7.80. The summed E-state index contributed by atoms with van der Waals surface area (Å²) in [6.07, 6.45) is 2.12. The molecule has 3 aromatic rings. The molecule has 0 saturated heterocycles. The summed E-state index contributed by atoms with van der Waals surface area (Å²) in [5.74, 6) is -1.05. The molecule has 0 aliphatic carbocycles. The number of fused-ring (bicyclic) bond motifs is 1. The van der Waals surface area contributed by atoms with Crippen LogP contribution in [0.4, 0.5) is 0 Å². The summed E-state index contributed by atoms with van der Waals surface area (Å²) < 4.78 is 0. The molecule has 33 heavy (non-hydrogen) atoms. The molecule has 0 unspecified atom stereocenters. The van der Waals surface area contributed by atoms with Crippen LogP contribution >= 0.6 is 0 Å². The molecule has 0 saturated carbocycles. The first kappa shape index (κ1) is 24.4. The van der Waals surface area contributed by atoms with E-state index in [1.54, 1.807) is 5.48 Å². The van der Waals surface area contributed by atoms with Crippen molar-refractivity contribution in [1.29, 1.82) is 0 Å². The molecule has 0 radical (unpaired) electrons. The third-order valence-electron chi connectivity index (χ3n) is 5.82. The van der Waals surface area contributed by atoms with Crippen molar-refractivity contribution in [2.45, 2.75) is 33.3 Å². The number of carbonyl (C=O) groups is 2. The fourth-order valence-corrected chi connectivity index (χ4v) is 3.88. The van der Waals surface area contributed by atoms with Gasteiger partial charge in [0.2, 0.25) is 0 Å². The number of benzene rings is 3. The Bertz CT molecular complexity index is 1080. The molecule has 3 aromatic carbocycles. The molecule has 7 nitrogen and oxygen atoms in total. The number of carbonyl (C=O) groups excluding carboxylic acids is 2. The van der Waals surface area contributed by atoms with Gasteiger partial charge in [0.1, 0.15) is 6.61 Å². The van der Waals surface area contributed by atoms with Gasteiger partial charge in [-0.3, -0.25) is 19.6 Å². The van der Waals surface area contributed by atoms with E-state index in [4.69, 9.17) is 10.0 Å². The number of hydrogen-bond donors (Lipinski definition) is 3. The average Bonchev–Trinajstić information content (AvgIpc) is 2.87. The maximum atomic E-state index is 12.3. The van der Waals surface area contributed by atoms with E-state index in [0.717, 1.165) is 43.4 Å². The van der Waals surface area contributed by atoms with Crippen LogP contribution in [0.15, 0.2) is 60.7 Å². The van der Waals surface area contributed by atoms with Crippen molar-refractivity contribution in [2.24, 2.45) is 0 Å². The van der Waals surface area contributed by atoms with Gasteiger partial charge in [0.15, 0.2) is 0 Å². The van der Waals surface area contributed by atoms with E-state index < -0.39 is 11.8 Å². The summed E-state index contributed by atoms with van der Waals surface area (Å²) in [6, 6.07) is 18.4. The highest BCUT2D eigenvalue weighted by molar-refractivity contribution is 5.97. The standard InChI is InChI=1S/C26H31N3O4/c1-3-29(4-2)17-7-8-19-11-16-22(24-10-6-5-9-23(19)24)18-33-28-26(31)21-14-12-20(13-15-21)25(30)27-32/h5-6,9-16,32H,3-4,7-8,17-18H2,1-2H3,(H,27,30)(H,28,31). The molecule has 0 aromatic heterocycles. The topological polar surface area (TPSA) is 90.9 Å². The van der Waals surface area contributed by atoms with Crippen molar-refractivity contribution in [2.75, 3.05) is 19.6 Å². The monoisotopic (exact) mass is 449 g/mol. The SMILES string of the molecule is CCN(CC)CCCc1ccc(CONC(=O)c2ccc(C(=O)NO)cc2)c2ccccc12. The Kier molecular flexibility index (Phi) is 8.95. The van der Waals surface area contributed by atoms with Gasteiger partial charge in [0.05, 0.1) is 0 Å². The second kappa shape index (κ2) is 12.1. The van der Waals surface area contributed by atoms with Crippen molar-refractivity contribution < 1.29 is 19.6 Å². The van der Waals surface area contributed by atoms with Crippen LogP contribution < -0.4 is 11.0 Å². The Balaban J connectivity index is 1.61. The molecule has 0 atom stereocenters. The van der Waals surface area contributed by atoms with E-state index in [0.29, 0.717) is 5.56 Å². The van der Waals surface area contributed by atoms with Gasteiger partial charge in [-0.05, 0) is 78.6 Å². The fraction of sp³-hybridized carbons (Fsp3) is 0.308. The van der Waals surface area contributed by atoms with Crippen molar-refractivity contribution in [3.05, 3.63) is 82.9 Å². The summed E-state index contributed by atoms with van der Waals surface area (Å²) >= 11 is 0. The van der Waals surface area contributed by atoms with Crippen molar-refractivity contribution in [3.63, 3.8) is 0 Å². The zero-order valence-electron chi connectivity index (χ0n) is 19.1. The van der Waals surface area contributed by atoms with Gasteiger partial charge >= 0.3 is 0 Å². The molecule has 0 bridgehead atoms. The summed E-state index contributed by atoms with van der Waals surface area (Å²) in [5.41, 5.74) is 6.92. The first-order valence-corrected chi connectivity index (χ1v) is 11.3. The molecule has 2 amide bonds. The van der Waals surface area contributed by atoms with Gasteiger partial charge in [-0.15, -0.1) is 0 Å². The molecular formula is C26H31N3O4. The van der Waals surface area contributed by atoms with Crippen LogP contribution in [-0.4, -0.2) is 41.6 Å². The lowest BCUT2D eigenvalue weighted by molar-refractivity contribution is 0.0237. The minimum absolute atomic E-state index is 0.233. The molecule has 7 heteroatoms. The van der Waals surface area contributed by atoms with Crippen molar-refractivity contribution >= 4 is 22.6 Å². The van der Waals surface area contributed by atoms with Gasteiger partial charge in [0.25, 0.3) is 11.8 Å². The van der Waals surface area contributed by atoms with Crippen molar-refractivity contribution in [1.82, 2.24) is 15.9 Å². The third kappa shape index (κ3) is 6.38. The molecule has 0 aliphatic heterocycles. The Morgan fingerprint density at radius 3 is 2.03 bits per heavy atom. The van der Waals surface area contributed by atoms with Gasteiger partial charge in [-0.25, -0.2) is 11.0 Å². The molecule has 0 fully saturated rings. The molecule has 174 valence electrons. The maximum Gasteiger partial charge on any atom is 0.274 e. The van der Waals surface area contributed by atoms with Crippen LogP contribution in [0.5, 0.6) is 0 Å². The van der Waals surface area contributed by atoms with Crippen LogP contribution in [-0.2, 0) is 17.9 Å². The Morgan fingerprint density at radius 1 is 0.848 bits per heavy atom. The lowest BCUT2D eigenvalue weighted by Crippen LogP contribution is -2.24. The highest BCUT2D eigenvalue weighted by atomic mass is 16.6. The number of amides is 2. The lowest BCUT2D eigenvalue weighted by atomic mass is 9.97.